The number of rotatable bonds is 1. The minimum absolute atomic E-state index is 0.0276. The van der Waals surface area contributed by atoms with Gasteiger partial charge in [0, 0.05) is 31.2 Å². The molecule has 2 aliphatic rings. The summed E-state index contributed by atoms with van der Waals surface area (Å²) in [5.74, 6) is 0.644. The Bertz CT molecular complexity index is 766. The summed E-state index contributed by atoms with van der Waals surface area (Å²) in [7, 11) is 0. The number of carbonyl (C=O) groups excluding carboxylic acids is 1. The monoisotopic (exact) mass is 397 g/mol. The summed E-state index contributed by atoms with van der Waals surface area (Å²) in [6, 6.07) is -0.0276. The summed E-state index contributed by atoms with van der Waals surface area (Å²) in [5, 5.41) is 9.36. The number of anilines is 1. The van der Waals surface area contributed by atoms with E-state index < -0.39 is 11.7 Å². The lowest BCUT2D eigenvalue weighted by atomic mass is 10.1. The molecule has 10 heteroatoms. The Morgan fingerprint density at radius 3 is 2.48 bits per heavy atom. The van der Waals surface area contributed by atoms with Crippen molar-refractivity contribution in [2.24, 2.45) is 0 Å². The van der Waals surface area contributed by atoms with Gasteiger partial charge in [0.2, 0.25) is 5.28 Å². The third kappa shape index (κ3) is 4.18. The first-order chi connectivity index (χ1) is 12.5. The largest absolute Gasteiger partial charge is 0.465 e. The van der Waals surface area contributed by atoms with Crippen molar-refractivity contribution in [3.8, 4) is 0 Å². The number of aromatic nitrogens is 2. The number of fused-ring (bicyclic) bond motifs is 1. The van der Waals surface area contributed by atoms with E-state index in [-0.39, 0.29) is 30.5 Å². The zero-order valence-corrected chi connectivity index (χ0v) is 16.7. The molecule has 3 heterocycles. The molecule has 1 N–H and O–H groups in total. The summed E-state index contributed by atoms with van der Waals surface area (Å²) in [6.45, 7) is 9.45. The first kappa shape index (κ1) is 19.5. The van der Waals surface area contributed by atoms with Crippen LogP contribution in [0.4, 0.5) is 15.4 Å². The molecule has 2 aliphatic heterocycles. The smallest absolute Gasteiger partial charge is 0.410 e. The number of nitrogens with zero attached hydrogens (tertiary/aromatic N) is 5. The van der Waals surface area contributed by atoms with E-state index >= 15 is 0 Å². The van der Waals surface area contributed by atoms with E-state index in [0.717, 1.165) is 5.56 Å². The zero-order valence-electron chi connectivity index (χ0n) is 15.9. The number of hydrogen-bond acceptors (Lipinski definition) is 6. The molecule has 148 valence electrons. The normalized spacial score (nSPS) is 19.9. The molecule has 0 aliphatic carbocycles. The SMILES string of the molecule is CC1CN(C(=O)OC(C)(C)C)CCN1c1nc(Cl)nc2c1CN(C(=O)O)C2. The van der Waals surface area contributed by atoms with Crippen molar-refractivity contribution >= 4 is 29.6 Å². The van der Waals surface area contributed by atoms with Crippen LogP contribution in [0.15, 0.2) is 0 Å². The molecule has 3 rings (SSSR count). The van der Waals surface area contributed by atoms with Crippen molar-refractivity contribution in [2.75, 3.05) is 24.5 Å². The van der Waals surface area contributed by atoms with Gasteiger partial charge < -0.3 is 19.6 Å². The van der Waals surface area contributed by atoms with E-state index in [1.165, 1.54) is 4.90 Å². The number of halogens is 1. The summed E-state index contributed by atoms with van der Waals surface area (Å²) in [6.07, 6.45) is -1.34. The van der Waals surface area contributed by atoms with Crippen LogP contribution in [-0.4, -0.2) is 68.3 Å². The van der Waals surface area contributed by atoms with Gasteiger partial charge in [-0.2, -0.15) is 0 Å². The predicted molar refractivity (Wildman–Crippen MR) is 98.9 cm³/mol. The molecule has 27 heavy (non-hydrogen) atoms. The highest BCUT2D eigenvalue weighted by molar-refractivity contribution is 6.28. The number of piperazine rings is 1. The first-order valence-corrected chi connectivity index (χ1v) is 9.20. The second-order valence-corrected chi connectivity index (χ2v) is 8.19. The first-order valence-electron chi connectivity index (χ1n) is 8.83. The van der Waals surface area contributed by atoms with Crippen molar-refractivity contribution < 1.29 is 19.4 Å². The predicted octanol–water partition coefficient (Wildman–Crippen LogP) is 2.57. The molecule has 0 radical (unpaired) electrons. The highest BCUT2D eigenvalue weighted by Crippen LogP contribution is 2.32. The lowest BCUT2D eigenvalue weighted by Crippen LogP contribution is -2.55. The maximum atomic E-state index is 12.3. The van der Waals surface area contributed by atoms with E-state index in [4.69, 9.17) is 16.3 Å². The van der Waals surface area contributed by atoms with Gasteiger partial charge in [0.15, 0.2) is 0 Å². The Kier molecular flexibility index (Phi) is 5.07. The Balaban J connectivity index is 1.78. The highest BCUT2D eigenvalue weighted by atomic mass is 35.5. The zero-order chi connectivity index (χ0) is 19.9. The minimum Gasteiger partial charge on any atom is -0.465 e. The van der Waals surface area contributed by atoms with Crippen LogP contribution in [0.3, 0.4) is 0 Å². The van der Waals surface area contributed by atoms with Gasteiger partial charge in [-0.1, -0.05) is 0 Å². The van der Waals surface area contributed by atoms with Crippen LogP contribution < -0.4 is 4.90 Å². The summed E-state index contributed by atoms with van der Waals surface area (Å²) < 4.78 is 5.45. The number of amides is 2. The van der Waals surface area contributed by atoms with Crippen LogP contribution in [0, 0.1) is 0 Å². The Morgan fingerprint density at radius 1 is 1.19 bits per heavy atom. The highest BCUT2D eigenvalue weighted by Gasteiger charge is 2.35. The number of carboxylic acid groups (broad SMARTS) is 1. The standard InChI is InChI=1S/C17H24ClN5O4/c1-10-7-21(16(26)27-17(2,3)4)5-6-23(10)13-11-8-22(15(24)25)9-12(11)19-14(18)20-13/h10H,5-9H2,1-4H3,(H,24,25). The van der Waals surface area contributed by atoms with Gasteiger partial charge in [0.25, 0.3) is 0 Å². The minimum atomic E-state index is -1.00. The van der Waals surface area contributed by atoms with Gasteiger partial charge >= 0.3 is 12.2 Å². The quantitative estimate of drug-likeness (QED) is 0.727. The van der Waals surface area contributed by atoms with E-state index in [0.29, 0.717) is 31.1 Å². The second-order valence-electron chi connectivity index (χ2n) is 7.85. The summed E-state index contributed by atoms with van der Waals surface area (Å²) in [5.41, 5.74) is 0.868. The fourth-order valence-electron chi connectivity index (χ4n) is 3.35. The molecular weight excluding hydrogens is 374 g/mol. The lowest BCUT2D eigenvalue weighted by Gasteiger charge is -2.41. The van der Waals surface area contributed by atoms with E-state index in [2.05, 4.69) is 14.9 Å². The molecule has 1 unspecified atom stereocenters. The van der Waals surface area contributed by atoms with Crippen molar-refractivity contribution in [3.63, 3.8) is 0 Å². The third-order valence-corrected chi connectivity index (χ3v) is 4.72. The topological polar surface area (TPSA) is 99.1 Å². The molecule has 9 nitrogen and oxygen atoms in total. The maximum absolute atomic E-state index is 12.3. The molecule has 1 aromatic rings. The van der Waals surface area contributed by atoms with Crippen molar-refractivity contribution in [1.82, 2.24) is 19.8 Å². The number of carbonyl (C=O) groups is 2. The van der Waals surface area contributed by atoms with E-state index in [1.807, 2.05) is 27.7 Å². The Hall–Kier alpha value is -2.29. The fraction of sp³-hybridized carbons (Fsp3) is 0.647. The molecule has 1 saturated heterocycles. The molecule has 2 amide bonds. The second kappa shape index (κ2) is 7.03. The Labute approximate surface area is 162 Å². The molecular formula is C17H24ClN5O4. The van der Waals surface area contributed by atoms with Crippen LogP contribution in [0.5, 0.6) is 0 Å². The molecule has 0 aromatic carbocycles. The van der Waals surface area contributed by atoms with Gasteiger partial charge in [-0.05, 0) is 39.3 Å². The average molecular weight is 398 g/mol. The van der Waals surface area contributed by atoms with E-state index in [1.54, 1.807) is 4.90 Å². The van der Waals surface area contributed by atoms with Gasteiger partial charge in [0.1, 0.15) is 11.4 Å². The molecule has 1 fully saturated rings. The van der Waals surface area contributed by atoms with Crippen molar-refractivity contribution in [3.05, 3.63) is 16.5 Å². The van der Waals surface area contributed by atoms with Gasteiger partial charge in [0.05, 0.1) is 18.8 Å². The van der Waals surface area contributed by atoms with Gasteiger partial charge in [-0.25, -0.2) is 19.6 Å². The van der Waals surface area contributed by atoms with Crippen molar-refractivity contribution in [1.29, 1.82) is 0 Å². The molecule has 0 saturated carbocycles. The average Bonchev–Trinajstić information content (AvgIpc) is 2.96. The number of ether oxygens (including phenoxy) is 1. The lowest BCUT2D eigenvalue weighted by molar-refractivity contribution is 0.0218. The van der Waals surface area contributed by atoms with Crippen molar-refractivity contribution in [2.45, 2.75) is 52.4 Å². The fourth-order valence-corrected chi connectivity index (χ4v) is 3.53. The van der Waals surface area contributed by atoms with Gasteiger partial charge in [-0.3, -0.25) is 4.90 Å². The van der Waals surface area contributed by atoms with E-state index in [9.17, 15) is 14.7 Å². The Morgan fingerprint density at radius 2 is 1.89 bits per heavy atom. The third-order valence-electron chi connectivity index (χ3n) is 4.56. The summed E-state index contributed by atoms with van der Waals surface area (Å²) >= 11 is 6.08. The molecule has 1 atom stereocenters. The van der Waals surface area contributed by atoms with Crippen LogP contribution in [0.25, 0.3) is 0 Å². The van der Waals surface area contributed by atoms with Gasteiger partial charge in [-0.15, -0.1) is 0 Å². The number of hydrogen-bond donors (Lipinski definition) is 1. The van der Waals surface area contributed by atoms with Crippen LogP contribution in [0.2, 0.25) is 5.28 Å². The van der Waals surface area contributed by atoms with Crippen LogP contribution in [0.1, 0.15) is 39.0 Å². The molecule has 1 aromatic heterocycles. The maximum Gasteiger partial charge on any atom is 0.410 e. The van der Waals surface area contributed by atoms with Crippen LogP contribution in [-0.2, 0) is 17.8 Å². The summed E-state index contributed by atoms with van der Waals surface area (Å²) in [4.78, 5) is 37.2. The molecule has 0 bridgehead atoms. The van der Waals surface area contributed by atoms with Crippen LogP contribution >= 0.6 is 11.6 Å². The molecule has 0 spiro atoms.